The summed E-state index contributed by atoms with van der Waals surface area (Å²) in [6, 6.07) is 0. The fourth-order valence-electron chi connectivity index (χ4n) is 1.93. The lowest BCUT2D eigenvalue weighted by Gasteiger charge is -2.24. The van der Waals surface area contributed by atoms with Gasteiger partial charge in [-0.1, -0.05) is 25.9 Å². The molecule has 98 valence electrons. The van der Waals surface area contributed by atoms with E-state index in [4.69, 9.17) is 10.9 Å². The molecule has 0 bridgehead atoms. The van der Waals surface area contributed by atoms with E-state index in [1.807, 2.05) is 4.90 Å². The number of nitrogens with zero attached hydrogens (tertiary/aromatic N) is 2. The molecule has 5 heteroatoms. The fourth-order valence-corrected chi connectivity index (χ4v) is 1.93. The van der Waals surface area contributed by atoms with Crippen LogP contribution in [0.25, 0.3) is 0 Å². The van der Waals surface area contributed by atoms with Crippen LogP contribution in [0.15, 0.2) is 5.16 Å². The Hall–Kier alpha value is -1.26. The van der Waals surface area contributed by atoms with Crippen LogP contribution in [-0.4, -0.2) is 34.9 Å². The predicted molar refractivity (Wildman–Crippen MR) is 66.7 cm³/mol. The minimum absolute atomic E-state index is 0.176. The first-order valence-corrected chi connectivity index (χ1v) is 6.20. The summed E-state index contributed by atoms with van der Waals surface area (Å²) in [5.74, 6) is 1.54. The normalized spacial score (nSPS) is 23.9. The Morgan fingerprint density at radius 1 is 1.59 bits per heavy atom. The molecule has 5 nitrogen and oxygen atoms in total. The third-order valence-corrected chi connectivity index (χ3v) is 3.09. The van der Waals surface area contributed by atoms with E-state index < -0.39 is 0 Å². The van der Waals surface area contributed by atoms with E-state index in [0.29, 0.717) is 24.8 Å². The van der Waals surface area contributed by atoms with Gasteiger partial charge < -0.3 is 15.8 Å². The lowest BCUT2D eigenvalue weighted by molar-refractivity contribution is -0.133. The molecule has 0 heterocycles. The van der Waals surface area contributed by atoms with Crippen molar-refractivity contribution < 1.29 is 10.0 Å². The number of rotatable bonds is 6. The second-order valence-corrected chi connectivity index (χ2v) is 5.34. The molecule has 1 aliphatic rings. The van der Waals surface area contributed by atoms with Crippen LogP contribution in [0.4, 0.5) is 0 Å². The molecule has 3 N–H and O–H groups in total. The summed E-state index contributed by atoms with van der Waals surface area (Å²) in [6.07, 6.45) is 1.42. The van der Waals surface area contributed by atoms with Crippen molar-refractivity contribution in [3.05, 3.63) is 0 Å². The molecule has 0 spiro atoms. The molecule has 1 fully saturated rings. The molecule has 1 rings (SSSR count). The van der Waals surface area contributed by atoms with Gasteiger partial charge in [0.2, 0.25) is 5.91 Å². The molecule has 2 atom stereocenters. The maximum absolute atomic E-state index is 12.1. The van der Waals surface area contributed by atoms with E-state index in [0.717, 1.165) is 13.0 Å². The lowest BCUT2D eigenvalue weighted by atomic mass is 10.1. The van der Waals surface area contributed by atoms with Gasteiger partial charge in [0.05, 0.1) is 0 Å². The highest BCUT2D eigenvalue weighted by Crippen LogP contribution is 2.39. The molecule has 1 saturated carbocycles. The zero-order chi connectivity index (χ0) is 13.0. The number of amides is 1. The van der Waals surface area contributed by atoms with Gasteiger partial charge in [0.25, 0.3) is 0 Å². The minimum atomic E-state index is 0.176. The summed E-state index contributed by atoms with van der Waals surface area (Å²) in [4.78, 5) is 14.0. The van der Waals surface area contributed by atoms with Crippen LogP contribution < -0.4 is 5.73 Å². The van der Waals surface area contributed by atoms with Gasteiger partial charge >= 0.3 is 0 Å². The minimum Gasteiger partial charge on any atom is -0.409 e. The van der Waals surface area contributed by atoms with Crippen molar-refractivity contribution in [2.75, 3.05) is 13.1 Å². The highest BCUT2D eigenvalue weighted by atomic mass is 16.4. The van der Waals surface area contributed by atoms with Crippen molar-refractivity contribution in [2.24, 2.45) is 28.6 Å². The monoisotopic (exact) mass is 241 g/mol. The number of carbonyl (C=O) groups is 1. The zero-order valence-electron chi connectivity index (χ0n) is 10.9. The van der Waals surface area contributed by atoms with Crippen LogP contribution in [0.3, 0.4) is 0 Å². The van der Waals surface area contributed by atoms with Crippen LogP contribution in [0, 0.1) is 17.8 Å². The molecule has 0 aliphatic heterocycles. The van der Waals surface area contributed by atoms with Gasteiger partial charge in [-0.15, -0.1) is 0 Å². The number of hydrogen-bond donors (Lipinski definition) is 2. The summed E-state index contributed by atoms with van der Waals surface area (Å²) in [6.45, 7) is 7.54. The maximum Gasteiger partial charge on any atom is 0.225 e. The lowest BCUT2D eigenvalue weighted by Crippen LogP contribution is -2.38. The quantitative estimate of drug-likeness (QED) is 0.318. The maximum atomic E-state index is 12.1. The van der Waals surface area contributed by atoms with Gasteiger partial charge in [0.15, 0.2) is 0 Å². The highest BCUT2D eigenvalue weighted by molar-refractivity contribution is 5.83. The Labute approximate surface area is 103 Å². The van der Waals surface area contributed by atoms with Crippen molar-refractivity contribution in [1.82, 2.24) is 4.90 Å². The largest absolute Gasteiger partial charge is 0.409 e. The smallest absolute Gasteiger partial charge is 0.225 e. The molecule has 0 aromatic carbocycles. The predicted octanol–water partition coefficient (Wildman–Crippen LogP) is 1.26. The number of amidine groups is 1. The molecule has 0 aromatic rings. The van der Waals surface area contributed by atoms with Gasteiger partial charge in [-0.2, -0.15) is 0 Å². The molecule has 1 aliphatic carbocycles. The topological polar surface area (TPSA) is 78.9 Å². The first-order chi connectivity index (χ1) is 7.95. The summed E-state index contributed by atoms with van der Waals surface area (Å²) in [5.41, 5.74) is 5.43. The number of nitrogens with two attached hydrogens (primary N) is 1. The average Bonchev–Trinajstić information content (AvgIpc) is 2.99. The third-order valence-electron chi connectivity index (χ3n) is 3.09. The highest BCUT2D eigenvalue weighted by Gasteiger charge is 2.41. The van der Waals surface area contributed by atoms with Gasteiger partial charge in [0, 0.05) is 25.4 Å². The standard InChI is InChI=1S/C12H23N3O2/c1-8(2)7-15(5-4-11(13)14-17)12(16)10-6-9(10)3/h8-10,17H,4-7H2,1-3H3,(H2,13,14). The van der Waals surface area contributed by atoms with Gasteiger partial charge in [-0.25, -0.2) is 0 Å². The SMILES string of the molecule is CC(C)CN(CCC(N)=NO)C(=O)C1CC1C. The van der Waals surface area contributed by atoms with Crippen LogP contribution >= 0.6 is 0 Å². The van der Waals surface area contributed by atoms with Crippen molar-refractivity contribution in [3.63, 3.8) is 0 Å². The van der Waals surface area contributed by atoms with E-state index in [1.165, 1.54) is 0 Å². The Bertz CT molecular complexity index is 302. The van der Waals surface area contributed by atoms with E-state index in [-0.39, 0.29) is 17.7 Å². The van der Waals surface area contributed by atoms with Crippen LogP contribution in [0.5, 0.6) is 0 Å². The van der Waals surface area contributed by atoms with Gasteiger partial charge in [-0.05, 0) is 18.3 Å². The molecule has 0 aromatic heterocycles. The molecule has 2 unspecified atom stereocenters. The van der Waals surface area contributed by atoms with E-state index in [2.05, 4.69) is 25.9 Å². The van der Waals surface area contributed by atoms with Crippen LogP contribution in [-0.2, 0) is 4.79 Å². The summed E-state index contributed by atoms with van der Waals surface area (Å²) >= 11 is 0. The first kappa shape index (κ1) is 13.8. The zero-order valence-corrected chi connectivity index (χ0v) is 10.9. The Kier molecular flexibility index (Phi) is 4.78. The summed E-state index contributed by atoms with van der Waals surface area (Å²) in [7, 11) is 0. The number of carbonyl (C=O) groups excluding carboxylic acids is 1. The molecular weight excluding hydrogens is 218 g/mol. The number of hydrogen-bond acceptors (Lipinski definition) is 3. The van der Waals surface area contributed by atoms with Crippen molar-refractivity contribution in [3.8, 4) is 0 Å². The van der Waals surface area contributed by atoms with E-state index in [1.54, 1.807) is 0 Å². The molecule has 0 saturated heterocycles. The molecule has 0 radical (unpaired) electrons. The Morgan fingerprint density at radius 3 is 2.59 bits per heavy atom. The molecule has 1 amide bonds. The van der Waals surface area contributed by atoms with Gasteiger partial charge in [-0.3, -0.25) is 4.79 Å². The van der Waals surface area contributed by atoms with E-state index in [9.17, 15) is 4.79 Å². The summed E-state index contributed by atoms with van der Waals surface area (Å²) < 4.78 is 0. The van der Waals surface area contributed by atoms with Crippen LogP contribution in [0.1, 0.15) is 33.6 Å². The second-order valence-electron chi connectivity index (χ2n) is 5.34. The first-order valence-electron chi connectivity index (χ1n) is 6.20. The van der Waals surface area contributed by atoms with Crippen molar-refractivity contribution in [2.45, 2.75) is 33.6 Å². The van der Waals surface area contributed by atoms with Gasteiger partial charge in [0.1, 0.15) is 5.84 Å². The van der Waals surface area contributed by atoms with Crippen molar-refractivity contribution in [1.29, 1.82) is 0 Å². The average molecular weight is 241 g/mol. The van der Waals surface area contributed by atoms with Crippen LogP contribution in [0.2, 0.25) is 0 Å². The Balaban J connectivity index is 2.51. The fraction of sp³-hybridized carbons (Fsp3) is 0.833. The van der Waals surface area contributed by atoms with E-state index >= 15 is 0 Å². The number of oxime groups is 1. The Morgan fingerprint density at radius 2 is 2.18 bits per heavy atom. The second kappa shape index (κ2) is 5.89. The summed E-state index contributed by atoms with van der Waals surface area (Å²) in [5, 5.41) is 11.4. The van der Waals surface area contributed by atoms with Crippen molar-refractivity contribution >= 4 is 11.7 Å². The molecule has 17 heavy (non-hydrogen) atoms. The third kappa shape index (κ3) is 4.24. The molecular formula is C12H23N3O2.